The predicted octanol–water partition coefficient (Wildman–Crippen LogP) is 3.90. The van der Waals surface area contributed by atoms with Crippen molar-refractivity contribution in [2.24, 2.45) is 0 Å². The van der Waals surface area contributed by atoms with Gasteiger partial charge in [-0.3, -0.25) is 0 Å². The monoisotopic (exact) mass is 353 g/mol. The number of halogens is 1. The van der Waals surface area contributed by atoms with Gasteiger partial charge < -0.3 is 14.7 Å². The highest BCUT2D eigenvalue weighted by atomic mass is 79.9. The summed E-state index contributed by atoms with van der Waals surface area (Å²) in [7, 11) is 0. The van der Waals surface area contributed by atoms with Gasteiger partial charge in [-0.15, -0.1) is 0 Å². The van der Waals surface area contributed by atoms with Gasteiger partial charge in [0, 0.05) is 23.0 Å². The molecule has 0 radical (unpaired) electrons. The molecule has 0 aliphatic carbocycles. The van der Waals surface area contributed by atoms with Crippen LogP contribution in [0.15, 0.2) is 22.7 Å². The van der Waals surface area contributed by atoms with Gasteiger partial charge in [0.15, 0.2) is 0 Å². The Balaban J connectivity index is 1.79. The van der Waals surface area contributed by atoms with Crippen molar-refractivity contribution in [1.82, 2.24) is 4.90 Å². The molecule has 1 spiro atoms. The lowest BCUT2D eigenvalue weighted by molar-refractivity contribution is -0.0239. The number of nitrogens with zero attached hydrogens (tertiary/aromatic N) is 1. The molecule has 1 fully saturated rings. The van der Waals surface area contributed by atoms with Crippen molar-refractivity contribution >= 4 is 15.9 Å². The molecule has 4 heteroatoms. The van der Waals surface area contributed by atoms with Gasteiger partial charge in [-0.1, -0.05) is 22.9 Å². The van der Waals surface area contributed by atoms with E-state index in [4.69, 9.17) is 4.74 Å². The number of hydrogen-bond acceptors (Lipinski definition) is 3. The topological polar surface area (TPSA) is 32.7 Å². The molecule has 1 saturated heterocycles. The minimum Gasteiger partial charge on any atom is -0.487 e. The Kier molecular flexibility index (Phi) is 4.57. The van der Waals surface area contributed by atoms with Crippen LogP contribution in [0, 0.1) is 0 Å². The summed E-state index contributed by atoms with van der Waals surface area (Å²) in [4.78, 5) is 2.53. The summed E-state index contributed by atoms with van der Waals surface area (Å²) in [5.74, 6) is 0.862. The summed E-state index contributed by atoms with van der Waals surface area (Å²) in [6, 6.07) is 5.95. The Morgan fingerprint density at radius 1 is 1.38 bits per heavy atom. The summed E-state index contributed by atoms with van der Waals surface area (Å²) in [6.07, 6.45) is 4.71. The number of aliphatic hydroxyl groups excluding tert-OH is 1. The van der Waals surface area contributed by atoms with E-state index in [1.54, 1.807) is 0 Å². The van der Waals surface area contributed by atoms with E-state index in [2.05, 4.69) is 27.8 Å². The maximum absolute atomic E-state index is 10.5. The molecule has 116 valence electrons. The average molecular weight is 354 g/mol. The van der Waals surface area contributed by atoms with Crippen LogP contribution in [0.25, 0.3) is 0 Å². The second-order valence-electron chi connectivity index (χ2n) is 6.38. The standard InChI is InChI=1S/C17H24BrNO2/c1-2-8-19-9-3-6-17(7-10-19)12-15(20)14-11-13(18)4-5-16(14)21-17/h4-5,11,15,20H,2-3,6-10,12H2,1H3. The van der Waals surface area contributed by atoms with Crippen molar-refractivity contribution < 1.29 is 9.84 Å². The zero-order valence-corrected chi connectivity index (χ0v) is 14.2. The summed E-state index contributed by atoms with van der Waals surface area (Å²) >= 11 is 3.47. The van der Waals surface area contributed by atoms with Gasteiger partial charge in [-0.2, -0.15) is 0 Å². The fourth-order valence-corrected chi connectivity index (χ4v) is 4.06. The highest BCUT2D eigenvalue weighted by Crippen LogP contribution is 2.44. The summed E-state index contributed by atoms with van der Waals surface area (Å²) in [5, 5.41) is 10.5. The van der Waals surface area contributed by atoms with Gasteiger partial charge in [0.25, 0.3) is 0 Å². The van der Waals surface area contributed by atoms with E-state index in [1.165, 1.54) is 13.0 Å². The van der Waals surface area contributed by atoms with Crippen LogP contribution >= 0.6 is 15.9 Å². The van der Waals surface area contributed by atoms with Crippen LogP contribution in [-0.4, -0.2) is 35.2 Å². The van der Waals surface area contributed by atoms with Gasteiger partial charge in [-0.25, -0.2) is 0 Å². The zero-order valence-electron chi connectivity index (χ0n) is 12.6. The van der Waals surface area contributed by atoms with Gasteiger partial charge >= 0.3 is 0 Å². The normalized spacial score (nSPS) is 29.8. The number of rotatable bonds is 2. The smallest absolute Gasteiger partial charge is 0.126 e. The Morgan fingerprint density at radius 3 is 3.05 bits per heavy atom. The van der Waals surface area contributed by atoms with Crippen molar-refractivity contribution in [1.29, 1.82) is 0 Å². The Morgan fingerprint density at radius 2 is 2.24 bits per heavy atom. The van der Waals surface area contributed by atoms with Crippen molar-refractivity contribution in [3.05, 3.63) is 28.2 Å². The van der Waals surface area contributed by atoms with Gasteiger partial charge in [-0.05, 0) is 57.0 Å². The number of benzene rings is 1. The van der Waals surface area contributed by atoms with Crippen LogP contribution < -0.4 is 4.74 Å². The molecular weight excluding hydrogens is 330 g/mol. The van der Waals surface area contributed by atoms with Crippen LogP contribution in [-0.2, 0) is 0 Å². The first-order chi connectivity index (χ1) is 10.1. The molecule has 2 atom stereocenters. The molecule has 1 N–H and O–H groups in total. The molecule has 2 aliphatic heterocycles. The van der Waals surface area contributed by atoms with Crippen LogP contribution in [0.3, 0.4) is 0 Å². The summed E-state index contributed by atoms with van der Waals surface area (Å²) in [5.41, 5.74) is 0.743. The van der Waals surface area contributed by atoms with Gasteiger partial charge in [0.1, 0.15) is 11.4 Å². The van der Waals surface area contributed by atoms with Gasteiger partial charge in [0.05, 0.1) is 6.10 Å². The molecule has 3 nitrogen and oxygen atoms in total. The number of hydrogen-bond donors (Lipinski definition) is 1. The van der Waals surface area contributed by atoms with Crippen LogP contribution in [0.4, 0.5) is 0 Å². The van der Waals surface area contributed by atoms with Crippen molar-refractivity contribution in [3.8, 4) is 5.75 Å². The maximum atomic E-state index is 10.5. The minimum absolute atomic E-state index is 0.178. The Labute approximate surface area is 135 Å². The average Bonchev–Trinajstić information content (AvgIpc) is 2.64. The SMILES string of the molecule is CCCN1CCCC2(CC1)CC(O)c1cc(Br)ccc1O2. The molecule has 1 aromatic rings. The molecule has 0 aromatic heterocycles. The summed E-state index contributed by atoms with van der Waals surface area (Å²) in [6.45, 7) is 5.63. The second-order valence-corrected chi connectivity index (χ2v) is 7.30. The lowest BCUT2D eigenvalue weighted by Gasteiger charge is -2.40. The first-order valence-corrected chi connectivity index (χ1v) is 8.80. The van der Waals surface area contributed by atoms with E-state index < -0.39 is 6.10 Å². The fourth-order valence-electron chi connectivity index (χ4n) is 3.68. The van der Waals surface area contributed by atoms with Crippen LogP contribution in [0.1, 0.15) is 50.7 Å². The number of fused-ring (bicyclic) bond motifs is 1. The van der Waals surface area contributed by atoms with E-state index in [0.717, 1.165) is 54.6 Å². The van der Waals surface area contributed by atoms with Crippen molar-refractivity contribution in [2.75, 3.05) is 19.6 Å². The van der Waals surface area contributed by atoms with E-state index in [-0.39, 0.29) is 5.60 Å². The lowest BCUT2D eigenvalue weighted by atomic mass is 9.83. The van der Waals surface area contributed by atoms with Crippen LogP contribution in [0.2, 0.25) is 0 Å². The summed E-state index contributed by atoms with van der Waals surface area (Å²) < 4.78 is 7.38. The largest absolute Gasteiger partial charge is 0.487 e. The Hall–Kier alpha value is -0.580. The Bertz CT molecular complexity index is 508. The number of ether oxygens (including phenoxy) is 1. The molecule has 21 heavy (non-hydrogen) atoms. The van der Waals surface area contributed by atoms with Crippen molar-refractivity contribution in [2.45, 2.75) is 50.7 Å². The lowest BCUT2D eigenvalue weighted by Crippen LogP contribution is -2.42. The molecule has 0 saturated carbocycles. The third-order valence-electron chi connectivity index (χ3n) is 4.75. The maximum Gasteiger partial charge on any atom is 0.126 e. The van der Waals surface area contributed by atoms with Crippen molar-refractivity contribution in [3.63, 3.8) is 0 Å². The molecule has 3 rings (SSSR count). The second kappa shape index (κ2) is 6.27. The van der Waals surface area contributed by atoms with Crippen LogP contribution in [0.5, 0.6) is 5.75 Å². The van der Waals surface area contributed by atoms with Gasteiger partial charge in [0.2, 0.25) is 0 Å². The first-order valence-electron chi connectivity index (χ1n) is 8.01. The predicted molar refractivity (Wildman–Crippen MR) is 87.7 cm³/mol. The zero-order chi connectivity index (χ0) is 14.9. The molecular formula is C17H24BrNO2. The highest BCUT2D eigenvalue weighted by Gasteiger charge is 2.41. The minimum atomic E-state index is -0.413. The molecule has 1 aromatic carbocycles. The third kappa shape index (κ3) is 3.27. The molecule has 0 amide bonds. The van der Waals surface area contributed by atoms with E-state index >= 15 is 0 Å². The number of likely N-dealkylation sites (tertiary alicyclic amines) is 1. The highest BCUT2D eigenvalue weighted by molar-refractivity contribution is 9.10. The molecule has 2 aliphatic rings. The fraction of sp³-hybridized carbons (Fsp3) is 0.647. The molecule has 2 unspecified atom stereocenters. The van der Waals surface area contributed by atoms with E-state index in [0.29, 0.717) is 0 Å². The molecule has 0 bridgehead atoms. The molecule has 2 heterocycles. The number of aliphatic hydroxyl groups is 1. The first kappa shape index (κ1) is 15.3. The van der Waals surface area contributed by atoms with E-state index in [1.807, 2.05) is 18.2 Å². The van der Waals surface area contributed by atoms with E-state index in [9.17, 15) is 5.11 Å². The third-order valence-corrected chi connectivity index (χ3v) is 5.25. The quantitative estimate of drug-likeness (QED) is 0.874.